The van der Waals surface area contributed by atoms with Crippen molar-refractivity contribution in [3.05, 3.63) is 5.53 Å². The van der Waals surface area contributed by atoms with Crippen LogP contribution in [0.15, 0.2) is 0 Å². The molecule has 6 nitrogen and oxygen atoms in total. The van der Waals surface area contributed by atoms with Crippen LogP contribution in [0.4, 0.5) is 4.79 Å². The third-order valence-corrected chi connectivity index (χ3v) is 2.41. The number of carbonyl (C=O) groups excluding carboxylic acids is 2. The van der Waals surface area contributed by atoms with E-state index >= 15 is 0 Å². The van der Waals surface area contributed by atoms with Crippen molar-refractivity contribution in [1.82, 2.24) is 5.32 Å². The van der Waals surface area contributed by atoms with E-state index in [2.05, 4.69) is 10.1 Å². The fraction of sp³-hybridized carbons (Fsp3) is 0.769. The Bertz CT molecular complexity index is 366. The SMILES string of the molecule is CC(C)[C@H](CCC(=O)C=[N+]=[N-])NC(=O)OC(C)(C)C. The zero-order chi connectivity index (χ0) is 15.1. The first-order valence-corrected chi connectivity index (χ1v) is 6.35. The highest BCUT2D eigenvalue weighted by Gasteiger charge is 2.22. The predicted molar refractivity (Wildman–Crippen MR) is 71.9 cm³/mol. The van der Waals surface area contributed by atoms with Crippen LogP contribution in [-0.4, -0.2) is 34.5 Å². The van der Waals surface area contributed by atoms with Gasteiger partial charge in [0.05, 0.1) is 0 Å². The summed E-state index contributed by atoms with van der Waals surface area (Å²) < 4.78 is 5.17. The third-order valence-electron chi connectivity index (χ3n) is 2.41. The van der Waals surface area contributed by atoms with E-state index in [9.17, 15) is 9.59 Å². The molecule has 0 spiro atoms. The monoisotopic (exact) mass is 269 g/mol. The van der Waals surface area contributed by atoms with E-state index in [0.717, 1.165) is 6.21 Å². The molecule has 0 rings (SSSR count). The highest BCUT2D eigenvalue weighted by molar-refractivity contribution is 6.25. The van der Waals surface area contributed by atoms with Gasteiger partial charge in [-0.15, -0.1) is 0 Å². The van der Waals surface area contributed by atoms with Crippen LogP contribution in [0.5, 0.6) is 0 Å². The van der Waals surface area contributed by atoms with Crippen LogP contribution >= 0.6 is 0 Å². The highest BCUT2D eigenvalue weighted by atomic mass is 16.6. The zero-order valence-electron chi connectivity index (χ0n) is 12.3. The number of Topliss-reactive ketones (excluding diaryl/α,β-unsaturated/α-hetero) is 1. The van der Waals surface area contributed by atoms with Gasteiger partial charge in [0, 0.05) is 12.5 Å². The van der Waals surface area contributed by atoms with E-state index in [1.807, 2.05) is 13.8 Å². The van der Waals surface area contributed by atoms with Crippen LogP contribution in [-0.2, 0) is 9.53 Å². The first-order chi connectivity index (χ1) is 8.65. The topological polar surface area (TPSA) is 91.8 Å². The molecule has 0 aliphatic heterocycles. The Morgan fingerprint density at radius 1 is 1.37 bits per heavy atom. The van der Waals surface area contributed by atoms with Crippen molar-refractivity contribution in [1.29, 1.82) is 0 Å². The molecule has 0 aliphatic rings. The van der Waals surface area contributed by atoms with Gasteiger partial charge in [-0.25, -0.2) is 4.79 Å². The maximum absolute atomic E-state index is 11.7. The Balaban J connectivity index is 4.38. The summed E-state index contributed by atoms with van der Waals surface area (Å²) in [6, 6.07) is -0.161. The molecule has 108 valence electrons. The van der Waals surface area contributed by atoms with Crippen LogP contribution in [0.25, 0.3) is 5.53 Å². The number of ketones is 1. The molecular weight excluding hydrogens is 246 g/mol. The zero-order valence-corrected chi connectivity index (χ0v) is 12.3. The highest BCUT2D eigenvalue weighted by Crippen LogP contribution is 2.11. The number of hydrogen-bond donors (Lipinski definition) is 1. The van der Waals surface area contributed by atoms with Crippen LogP contribution in [0, 0.1) is 5.92 Å². The van der Waals surface area contributed by atoms with Gasteiger partial charge in [0.2, 0.25) is 5.78 Å². The van der Waals surface area contributed by atoms with Crippen molar-refractivity contribution in [2.45, 2.75) is 59.1 Å². The predicted octanol–water partition coefficient (Wildman–Crippen LogP) is 2.19. The molecule has 0 radical (unpaired) electrons. The molecule has 19 heavy (non-hydrogen) atoms. The van der Waals surface area contributed by atoms with Gasteiger partial charge in [-0.3, -0.25) is 4.79 Å². The lowest BCUT2D eigenvalue weighted by Crippen LogP contribution is -2.42. The fourth-order valence-electron chi connectivity index (χ4n) is 1.46. The van der Waals surface area contributed by atoms with E-state index in [0.29, 0.717) is 6.42 Å². The lowest BCUT2D eigenvalue weighted by atomic mass is 9.98. The van der Waals surface area contributed by atoms with Crippen molar-refractivity contribution in [2.75, 3.05) is 0 Å². The maximum atomic E-state index is 11.7. The molecule has 1 amide bonds. The summed E-state index contributed by atoms with van der Waals surface area (Å²) in [5.74, 6) is -0.106. The Labute approximate surface area is 114 Å². The Morgan fingerprint density at radius 2 is 1.95 bits per heavy atom. The molecular formula is C13H23N3O3. The minimum absolute atomic E-state index is 0.161. The summed E-state index contributed by atoms with van der Waals surface area (Å²) in [7, 11) is 0. The number of ether oxygens (including phenoxy) is 1. The van der Waals surface area contributed by atoms with Crippen LogP contribution in [0.2, 0.25) is 0 Å². The first-order valence-electron chi connectivity index (χ1n) is 6.35. The van der Waals surface area contributed by atoms with Gasteiger partial charge < -0.3 is 15.6 Å². The summed E-state index contributed by atoms with van der Waals surface area (Å²) in [6.07, 6.45) is 1.06. The molecule has 0 aromatic heterocycles. The van der Waals surface area contributed by atoms with Crippen LogP contribution in [0.1, 0.15) is 47.5 Å². The van der Waals surface area contributed by atoms with Crippen LogP contribution in [0.3, 0.4) is 0 Å². The summed E-state index contributed by atoms with van der Waals surface area (Å²) in [5.41, 5.74) is 7.69. The van der Waals surface area contributed by atoms with Gasteiger partial charge in [-0.1, -0.05) is 13.8 Å². The largest absolute Gasteiger partial charge is 0.444 e. The van der Waals surface area contributed by atoms with Crippen LogP contribution < -0.4 is 5.32 Å². The van der Waals surface area contributed by atoms with E-state index in [-0.39, 0.29) is 24.2 Å². The molecule has 0 unspecified atom stereocenters. The van der Waals surface area contributed by atoms with Gasteiger partial charge in [0.25, 0.3) is 0 Å². The number of alkyl carbamates (subject to hydrolysis) is 1. The average Bonchev–Trinajstić information content (AvgIpc) is 2.21. The minimum Gasteiger partial charge on any atom is -0.444 e. The number of rotatable bonds is 6. The quantitative estimate of drug-likeness (QED) is 0.455. The second-order valence-electron chi connectivity index (χ2n) is 5.75. The van der Waals surface area contributed by atoms with Crippen molar-refractivity contribution in [3.8, 4) is 0 Å². The first kappa shape index (κ1) is 17.3. The molecule has 0 fully saturated rings. The van der Waals surface area contributed by atoms with E-state index in [1.54, 1.807) is 20.8 Å². The lowest BCUT2D eigenvalue weighted by Gasteiger charge is -2.25. The maximum Gasteiger partial charge on any atom is 0.407 e. The smallest absolute Gasteiger partial charge is 0.407 e. The third kappa shape index (κ3) is 8.97. The van der Waals surface area contributed by atoms with Crippen molar-refractivity contribution < 1.29 is 19.1 Å². The number of nitrogens with zero attached hydrogens (tertiary/aromatic N) is 2. The molecule has 0 bridgehead atoms. The number of hydrogen-bond acceptors (Lipinski definition) is 3. The van der Waals surface area contributed by atoms with E-state index in [4.69, 9.17) is 10.3 Å². The second kappa shape index (κ2) is 7.69. The van der Waals surface area contributed by atoms with Crippen molar-refractivity contribution in [3.63, 3.8) is 0 Å². The fourth-order valence-corrected chi connectivity index (χ4v) is 1.46. The summed E-state index contributed by atoms with van der Waals surface area (Å²) >= 11 is 0. The van der Waals surface area contributed by atoms with Crippen molar-refractivity contribution in [2.24, 2.45) is 5.92 Å². The average molecular weight is 269 g/mol. The molecule has 0 saturated heterocycles. The standard InChI is InChI=1S/C13H23N3O3/c1-9(2)11(7-6-10(17)8-15-14)16-12(18)19-13(3,4)5/h8-9,11H,6-7H2,1-5H3,(H,16,18)/t11-/m0/s1. The number of nitrogens with one attached hydrogen (secondary N) is 1. The van der Waals surface area contributed by atoms with Gasteiger partial charge in [-0.2, -0.15) is 4.79 Å². The normalized spacial score (nSPS) is 12.5. The second-order valence-corrected chi connectivity index (χ2v) is 5.75. The molecule has 0 saturated carbocycles. The van der Waals surface area contributed by atoms with Gasteiger partial charge >= 0.3 is 12.3 Å². The molecule has 6 heteroatoms. The molecule has 0 aromatic carbocycles. The lowest BCUT2D eigenvalue weighted by molar-refractivity contribution is -0.116. The minimum atomic E-state index is -0.551. The molecule has 0 heterocycles. The molecule has 1 atom stereocenters. The Kier molecular flexibility index (Phi) is 7.01. The summed E-state index contributed by atoms with van der Waals surface area (Å²) in [4.78, 5) is 25.6. The van der Waals surface area contributed by atoms with Gasteiger partial charge in [0.15, 0.2) is 0 Å². The summed E-state index contributed by atoms with van der Waals surface area (Å²) in [5, 5.41) is 2.75. The molecule has 0 aliphatic carbocycles. The summed E-state index contributed by atoms with van der Waals surface area (Å²) in [6.45, 7) is 9.27. The van der Waals surface area contributed by atoms with Gasteiger partial charge in [-0.05, 0) is 33.1 Å². The Morgan fingerprint density at radius 3 is 2.37 bits per heavy atom. The number of carbonyl (C=O) groups is 2. The van der Waals surface area contributed by atoms with E-state index < -0.39 is 11.7 Å². The molecule has 0 aromatic rings. The van der Waals surface area contributed by atoms with Gasteiger partial charge in [0.1, 0.15) is 5.60 Å². The van der Waals surface area contributed by atoms with Crippen molar-refractivity contribution >= 4 is 18.1 Å². The Hall–Kier alpha value is -1.68. The van der Waals surface area contributed by atoms with E-state index in [1.165, 1.54) is 0 Å². The number of amides is 1. The molecule has 1 N–H and O–H groups in total.